The van der Waals surface area contributed by atoms with Gasteiger partial charge in [-0.2, -0.15) is 0 Å². The Kier molecular flexibility index (Phi) is 4.73. The quantitative estimate of drug-likeness (QED) is 0.905. The molecule has 4 atom stereocenters. The molecule has 1 fully saturated rings. The predicted octanol–water partition coefficient (Wildman–Crippen LogP) is 3.42. The average Bonchev–Trinajstić information content (AvgIpc) is 2.62. The standard InChI is InChI=1S/C23H30N2O2/c1-23(2,3)22(27)21-18-12-17(19-10-7-11-20(26)25(19)21)14-24(15-18)13-16-8-5-4-6-9-16/h4-11,17-18,21-22,27H,12-15H2,1-3H3/t17-,18+,21-,22?/m1/s1. The summed E-state index contributed by atoms with van der Waals surface area (Å²) in [4.78, 5) is 15.2. The fourth-order valence-electron chi connectivity index (χ4n) is 4.96. The van der Waals surface area contributed by atoms with Crippen LogP contribution in [0.5, 0.6) is 0 Å². The highest BCUT2D eigenvalue weighted by Crippen LogP contribution is 2.45. The smallest absolute Gasteiger partial charge is 0.251 e. The van der Waals surface area contributed by atoms with Gasteiger partial charge in [-0.3, -0.25) is 9.69 Å². The third-order valence-corrected chi connectivity index (χ3v) is 6.24. The number of aliphatic hydroxyl groups is 1. The molecule has 27 heavy (non-hydrogen) atoms. The molecule has 1 N–H and O–H groups in total. The zero-order valence-electron chi connectivity index (χ0n) is 16.5. The van der Waals surface area contributed by atoms with Crippen molar-refractivity contribution in [2.75, 3.05) is 13.1 Å². The third-order valence-electron chi connectivity index (χ3n) is 6.24. The Bertz CT molecular complexity index is 853. The van der Waals surface area contributed by atoms with E-state index >= 15 is 0 Å². The zero-order valence-corrected chi connectivity index (χ0v) is 16.5. The van der Waals surface area contributed by atoms with Crippen LogP contribution in [-0.2, 0) is 6.54 Å². The van der Waals surface area contributed by atoms with Gasteiger partial charge in [0.2, 0.25) is 0 Å². The number of aliphatic hydroxyl groups excluding tert-OH is 1. The fraction of sp³-hybridized carbons (Fsp3) is 0.522. The van der Waals surface area contributed by atoms with Crippen LogP contribution in [0.4, 0.5) is 0 Å². The second kappa shape index (κ2) is 6.92. The lowest BCUT2D eigenvalue weighted by Crippen LogP contribution is -2.54. The Morgan fingerprint density at radius 1 is 1.07 bits per heavy atom. The molecule has 0 aliphatic carbocycles. The van der Waals surface area contributed by atoms with Gasteiger partial charge in [-0.25, -0.2) is 0 Å². The molecule has 2 aliphatic heterocycles. The van der Waals surface area contributed by atoms with E-state index in [0.29, 0.717) is 5.92 Å². The Morgan fingerprint density at radius 2 is 1.81 bits per heavy atom. The fourth-order valence-corrected chi connectivity index (χ4v) is 4.96. The number of likely N-dealkylation sites (tertiary alicyclic amines) is 1. The minimum absolute atomic E-state index is 0.0204. The van der Waals surface area contributed by atoms with Crippen LogP contribution in [0.2, 0.25) is 0 Å². The Balaban J connectivity index is 1.71. The molecule has 1 aromatic heterocycles. The van der Waals surface area contributed by atoms with E-state index in [2.05, 4.69) is 56.0 Å². The molecule has 4 heteroatoms. The molecule has 0 saturated carbocycles. The molecule has 0 spiro atoms. The first-order valence-electron chi connectivity index (χ1n) is 10.0. The van der Waals surface area contributed by atoms with Crippen LogP contribution in [-0.4, -0.2) is 33.8 Å². The molecular formula is C23H30N2O2. The van der Waals surface area contributed by atoms with Crippen molar-refractivity contribution in [1.82, 2.24) is 9.47 Å². The summed E-state index contributed by atoms with van der Waals surface area (Å²) in [5, 5.41) is 11.2. The maximum absolute atomic E-state index is 12.7. The molecule has 0 amide bonds. The van der Waals surface area contributed by atoms with Crippen molar-refractivity contribution in [2.45, 2.75) is 51.8 Å². The van der Waals surface area contributed by atoms with Crippen LogP contribution in [0.15, 0.2) is 53.3 Å². The highest BCUT2D eigenvalue weighted by Gasteiger charge is 2.45. The van der Waals surface area contributed by atoms with Crippen LogP contribution in [0.1, 0.15) is 50.4 Å². The molecule has 0 radical (unpaired) electrons. The molecule has 2 aromatic rings. The van der Waals surface area contributed by atoms with Gasteiger partial charge in [0.1, 0.15) is 0 Å². The molecule has 2 bridgehead atoms. The lowest BCUT2D eigenvalue weighted by molar-refractivity contribution is -0.0385. The van der Waals surface area contributed by atoms with Gasteiger partial charge >= 0.3 is 0 Å². The number of aromatic nitrogens is 1. The zero-order chi connectivity index (χ0) is 19.2. The SMILES string of the molecule is CC(C)(C)C(O)[C@H]1[C@H]2C[C@H](CN(Cc3ccccc3)C2)c2cccc(=O)n21. The largest absolute Gasteiger partial charge is 0.390 e. The average molecular weight is 367 g/mol. The van der Waals surface area contributed by atoms with E-state index in [1.165, 1.54) is 5.56 Å². The monoisotopic (exact) mass is 366 g/mol. The molecule has 2 aliphatic rings. The van der Waals surface area contributed by atoms with Crippen LogP contribution >= 0.6 is 0 Å². The number of benzene rings is 1. The molecule has 1 aromatic carbocycles. The summed E-state index contributed by atoms with van der Waals surface area (Å²) in [5.41, 5.74) is 2.15. The predicted molar refractivity (Wildman–Crippen MR) is 108 cm³/mol. The Morgan fingerprint density at radius 3 is 2.52 bits per heavy atom. The second-order valence-corrected chi connectivity index (χ2v) is 9.33. The van der Waals surface area contributed by atoms with Crippen molar-refractivity contribution >= 4 is 0 Å². The summed E-state index contributed by atoms with van der Waals surface area (Å²) in [5.74, 6) is 0.638. The number of rotatable bonds is 3. The molecule has 3 heterocycles. The van der Waals surface area contributed by atoms with Gasteiger partial charge in [0.15, 0.2) is 0 Å². The van der Waals surface area contributed by atoms with E-state index in [4.69, 9.17) is 0 Å². The second-order valence-electron chi connectivity index (χ2n) is 9.33. The van der Waals surface area contributed by atoms with Gasteiger partial charge < -0.3 is 9.67 Å². The first kappa shape index (κ1) is 18.5. The first-order chi connectivity index (χ1) is 12.8. The van der Waals surface area contributed by atoms with Crippen LogP contribution < -0.4 is 5.56 Å². The summed E-state index contributed by atoms with van der Waals surface area (Å²) in [6.07, 6.45) is 0.492. The normalized spacial score (nSPS) is 26.4. The van der Waals surface area contributed by atoms with Crippen molar-refractivity contribution in [1.29, 1.82) is 0 Å². The van der Waals surface area contributed by atoms with Gasteiger partial charge in [0, 0.05) is 37.3 Å². The van der Waals surface area contributed by atoms with Crippen LogP contribution in [0, 0.1) is 11.3 Å². The third kappa shape index (κ3) is 3.48. The first-order valence-corrected chi connectivity index (χ1v) is 10.0. The Labute approximate surface area is 161 Å². The van der Waals surface area contributed by atoms with Gasteiger partial charge in [-0.1, -0.05) is 57.2 Å². The Hall–Kier alpha value is -1.91. The number of hydrogen-bond acceptors (Lipinski definition) is 3. The van der Waals surface area contributed by atoms with Crippen molar-refractivity contribution in [3.63, 3.8) is 0 Å². The highest BCUT2D eigenvalue weighted by molar-refractivity contribution is 5.21. The molecular weight excluding hydrogens is 336 g/mol. The summed E-state index contributed by atoms with van der Waals surface area (Å²) in [6, 6.07) is 16.0. The highest BCUT2D eigenvalue weighted by atomic mass is 16.3. The molecule has 144 valence electrons. The van der Waals surface area contributed by atoms with Crippen molar-refractivity contribution in [3.8, 4) is 0 Å². The van der Waals surface area contributed by atoms with Gasteiger partial charge in [0.05, 0.1) is 12.1 Å². The minimum atomic E-state index is -0.557. The van der Waals surface area contributed by atoms with Crippen molar-refractivity contribution < 1.29 is 5.11 Å². The molecule has 4 nitrogen and oxygen atoms in total. The van der Waals surface area contributed by atoms with Crippen molar-refractivity contribution in [2.24, 2.45) is 11.3 Å². The lowest BCUT2D eigenvalue weighted by atomic mass is 9.72. The molecule has 1 unspecified atom stereocenters. The van der Waals surface area contributed by atoms with Crippen LogP contribution in [0.3, 0.4) is 0 Å². The van der Waals surface area contributed by atoms with E-state index in [1.807, 2.05) is 16.7 Å². The number of hydrogen-bond donors (Lipinski definition) is 1. The van der Waals surface area contributed by atoms with E-state index in [0.717, 1.165) is 31.7 Å². The summed E-state index contributed by atoms with van der Waals surface area (Å²) >= 11 is 0. The van der Waals surface area contributed by atoms with Gasteiger partial charge in [-0.05, 0) is 29.4 Å². The van der Waals surface area contributed by atoms with E-state index in [1.54, 1.807) is 6.07 Å². The number of piperidine rings is 1. The summed E-state index contributed by atoms with van der Waals surface area (Å²) < 4.78 is 1.91. The van der Waals surface area contributed by atoms with E-state index in [-0.39, 0.29) is 22.9 Å². The van der Waals surface area contributed by atoms with E-state index < -0.39 is 6.10 Å². The molecule has 4 rings (SSSR count). The maximum atomic E-state index is 12.7. The minimum Gasteiger partial charge on any atom is -0.390 e. The van der Waals surface area contributed by atoms with Crippen molar-refractivity contribution in [3.05, 3.63) is 70.1 Å². The summed E-state index contributed by atoms with van der Waals surface area (Å²) in [7, 11) is 0. The van der Waals surface area contributed by atoms with Gasteiger partial charge in [0.25, 0.3) is 5.56 Å². The van der Waals surface area contributed by atoms with Gasteiger partial charge in [-0.15, -0.1) is 0 Å². The molecule has 1 saturated heterocycles. The maximum Gasteiger partial charge on any atom is 0.251 e. The van der Waals surface area contributed by atoms with Crippen LogP contribution in [0.25, 0.3) is 0 Å². The summed E-state index contributed by atoms with van der Waals surface area (Å²) in [6.45, 7) is 8.98. The van der Waals surface area contributed by atoms with E-state index in [9.17, 15) is 9.90 Å². The number of pyridine rings is 1. The topological polar surface area (TPSA) is 45.5 Å². The number of nitrogens with zero attached hydrogens (tertiary/aromatic N) is 2. The lowest BCUT2D eigenvalue weighted by Gasteiger charge is -2.50. The number of fused-ring (bicyclic) bond motifs is 4.